The van der Waals surface area contributed by atoms with Gasteiger partial charge in [-0.2, -0.15) is 0 Å². The summed E-state index contributed by atoms with van der Waals surface area (Å²) in [6, 6.07) is 8.92. The van der Waals surface area contributed by atoms with E-state index in [0.717, 1.165) is 13.1 Å². The van der Waals surface area contributed by atoms with Crippen LogP contribution in [0.25, 0.3) is 0 Å². The highest BCUT2D eigenvalue weighted by molar-refractivity contribution is 5.55. The first-order valence-corrected chi connectivity index (χ1v) is 5.31. The summed E-state index contributed by atoms with van der Waals surface area (Å²) in [4.78, 5) is 2.26. The fourth-order valence-corrected chi connectivity index (χ4v) is 2.01. The Kier molecular flexibility index (Phi) is 2.94. The van der Waals surface area contributed by atoms with E-state index >= 15 is 0 Å². The van der Waals surface area contributed by atoms with Gasteiger partial charge in [-0.1, -0.05) is 24.1 Å². The molecule has 1 unspecified atom stereocenters. The van der Waals surface area contributed by atoms with Gasteiger partial charge in [-0.05, 0) is 18.6 Å². The van der Waals surface area contributed by atoms with Gasteiger partial charge in [0, 0.05) is 24.8 Å². The van der Waals surface area contributed by atoms with Gasteiger partial charge in [-0.25, -0.2) is 0 Å². The second-order valence-electron chi connectivity index (χ2n) is 4.00. The first-order chi connectivity index (χ1) is 7.31. The molecule has 1 aliphatic rings. The first kappa shape index (κ1) is 10.1. The molecule has 2 rings (SSSR count). The van der Waals surface area contributed by atoms with Crippen molar-refractivity contribution in [2.45, 2.75) is 19.5 Å². The molecule has 1 aromatic carbocycles. The number of para-hydroxylation sites is 1. The van der Waals surface area contributed by atoms with E-state index in [0.29, 0.717) is 12.6 Å². The summed E-state index contributed by atoms with van der Waals surface area (Å²) in [5, 5.41) is 3.48. The SMILES string of the molecule is C#CCN1CC(C)NCc2ccccc21. The Morgan fingerprint density at radius 3 is 3.13 bits per heavy atom. The highest BCUT2D eigenvalue weighted by Crippen LogP contribution is 2.22. The third kappa shape index (κ3) is 2.14. The van der Waals surface area contributed by atoms with Gasteiger partial charge in [0.2, 0.25) is 0 Å². The van der Waals surface area contributed by atoms with Crippen molar-refractivity contribution in [3.05, 3.63) is 29.8 Å². The monoisotopic (exact) mass is 200 g/mol. The molecular formula is C13H16N2. The summed E-state index contributed by atoms with van der Waals surface area (Å²) in [6.45, 7) is 4.78. The van der Waals surface area contributed by atoms with Gasteiger partial charge in [0.05, 0.1) is 6.54 Å². The summed E-state index contributed by atoms with van der Waals surface area (Å²) in [5.41, 5.74) is 2.60. The lowest BCUT2D eigenvalue weighted by molar-refractivity contribution is 0.559. The lowest BCUT2D eigenvalue weighted by Crippen LogP contribution is -2.36. The molecule has 0 aromatic heterocycles. The maximum Gasteiger partial charge on any atom is 0.0792 e. The minimum Gasteiger partial charge on any atom is -0.359 e. The van der Waals surface area contributed by atoms with E-state index in [1.165, 1.54) is 11.3 Å². The Morgan fingerprint density at radius 1 is 1.53 bits per heavy atom. The van der Waals surface area contributed by atoms with Crippen LogP contribution >= 0.6 is 0 Å². The standard InChI is InChI=1S/C13H16N2/c1-3-8-15-10-11(2)14-9-12-6-4-5-7-13(12)15/h1,4-7,11,14H,8-10H2,2H3. The van der Waals surface area contributed by atoms with Crippen molar-refractivity contribution in [1.29, 1.82) is 0 Å². The van der Waals surface area contributed by atoms with Crippen LogP contribution < -0.4 is 10.2 Å². The Hall–Kier alpha value is -1.46. The van der Waals surface area contributed by atoms with E-state index in [-0.39, 0.29) is 0 Å². The van der Waals surface area contributed by atoms with E-state index in [4.69, 9.17) is 6.42 Å². The molecule has 0 spiro atoms. The van der Waals surface area contributed by atoms with Crippen molar-refractivity contribution >= 4 is 5.69 Å². The number of rotatable bonds is 1. The molecule has 0 aliphatic carbocycles. The summed E-state index contributed by atoms with van der Waals surface area (Å²) < 4.78 is 0. The molecule has 0 saturated carbocycles. The fourth-order valence-electron chi connectivity index (χ4n) is 2.01. The first-order valence-electron chi connectivity index (χ1n) is 5.31. The summed E-state index contributed by atoms with van der Waals surface area (Å²) in [7, 11) is 0. The number of hydrogen-bond acceptors (Lipinski definition) is 2. The van der Waals surface area contributed by atoms with Crippen LogP contribution in [0.3, 0.4) is 0 Å². The number of hydrogen-bond donors (Lipinski definition) is 1. The van der Waals surface area contributed by atoms with Crippen molar-refractivity contribution in [3.63, 3.8) is 0 Å². The lowest BCUT2D eigenvalue weighted by atomic mass is 10.1. The number of nitrogens with zero attached hydrogens (tertiary/aromatic N) is 1. The van der Waals surface area contributed by atoms with Crippen molar-refractivity contribution in [1.82, 2.24) is 5.32 Å². The van der Waals surface area contributed by atoms with Crippen LogP contribution in [-0.4, -0.2) is 19.1 Å². The number of anilines is 1. The molecule has 1 atom stereocenters. The van der Waals surface area contributed by atoms with Crippen molar-refractivity contribution in [2.75, 3.05) is 18.0 Å². The predicted molar refractivity (Wildman–Crippen MR) is 63.8 cm³/mol. The molecule has 0 fully saturated rings. The van der Waals surface area contributed by atoms with Gasteiger partial charge >= 0.3 is 0 Å². The van der Waals surface area contributed by atoms with Gasteiger partial charge in [0.1, 0.15) is 0 Å². The highest BCUT2D eigenvalue weighted by Gasteiger charge is 2.17. The Balaban J connectivity index is 2.33. The lowest BCUT2D eigenvalue weighted by Gasteiger charge is -2.23. The molecule has 15 heavy (non-hydrogen) atoms. The molecule has 2 nitrogen and oxygen atoms in total. The van der Waals surface area contributed by atoms with Crippen molar-refractivity contribution in [3.8, 4) is 12.3 Å². The summed E-state index contributed by atoms with van der Waals surface area (Å²) >= 11 is 0. The second-order valence-corrected chi connectivity index (χ2v) is 4.00. The van der Waals surface area contributed by atoms with Gasteiger partial charge in [0.15, 0.2) is 0 Å². The zero-order chi connectivity index (χ0) is 10.7. The van der Waals surface area contributed by atoms with Crippen LogP contribution in [-0.2, 0) is 6.54 Å². The number of terminal acetylenes is 1. The predicted octanol–water partition coefficient (Wildman–Crippen LogP) is 1.62. The Labute approximate surface area is 91.3 Å². The zero-order valence-electron chi connectivity index (χ0n) is 9.03. The summed E-state index contributed by atoms with van der Waals surface area (Å²) in [5.74, 6) is 2.72. The molecule has 0 saturated heterocycles. The second kappa shape index (κ2) is 4.37. The smallest absolute Gasteiger partial charge is 0.0792 e. The van der Waals surface area contributed by atoms with Crippen LogP contribution in [0.4, 0.5) is 5.69 Å². The van der Waals surface area contributed by atoms with E-state index in [1.807, 2.05) is 0 Å². The highest BCUT2D eigenvalue weighted by atomic mass is 15.2. The van der Waals surface area contributed by atoms with Crippen molar-refractivity contribution < 1.29 is 0 Å². The molecule has 0 bridgehead atoms. The van der Waals surface area contributed by atoms with E-state index in [2.05, 4.69) is 47.3 Å². The molecule has 0 radical (unpaired) electrons. The average molecular weight is 200 g/mol. The molecule has 0 amide bonds. The third-order valence-electron chi connectivity index (χ3n) is 2.75. The normalized spacial score (nSPS) is 20.3. The largest absolute Gasteiger partial charge is 0.359 e. The fraction of sp³-hybridized carbons (Fsp3) is 0.385. The van der Waals surface area contributed by atoms with E-state index < -0.39 is 0 Å². The van der Waals surface area contributed by atoms with Crippen LogP contribution in [0.15, 0.2) is 24.3 Å². The topological polar surface area (TPSA) is 15.3 Å². The minimum atomic E-state index is 0.478. The van der Waals surface area contributed by atoms with Gasteiger partial charge in [-0.15, -0.1) is 6.42 Å². The number of benzene rings is 1. The van der Waals surface area contributed by atoms with Crippen LogP contribution in [0.1, 0.15) is 12.5 Å². The number of nitrogens with one attached hydrogen (secondary N) is 1. The molecule has 1 heterocycles. The maximum absolute atomic E-state index is 5.40. The summed E-state index contributed by atoms with van der Waals surface area (Å²) in [6.07, 6.45) is 5.40. The molecule has 2 heteroatoms. The molecule has 1 N–H and O–H groups in total. The Bertz CT molecular complexity index is 378. The van der Waals surface area contributed by atoms with Crippen LogP contribution in [0.2, 0.25) is 0 Å². The van der Waals surface area contributed by atoms with E-state index in [1.54, 1.807) is 0 Å². The number of fused-ring (bicyclic) bond motifs is 1. The zero-order valence-corrected chi connectivity index (χ0v) is 9.03. The average Bonchev–Trinajstić information content (AvgIpc) is 2.40. The molecule has 1 aromatic rings. The third-order valence-corrected chi connectivity index (χ3v) is 2.75. The Morgan fingerprint density at radius 2 is 2.33 bits per heavy atom. The van der Waals surface area contributed by atoms with Gasteiger partial charge in [0.25, 0.3) is 0 Å². The minimum absolute atomic E-state index is 0.478. The van der Waals surface area contributed by atoms with Crippen LogP contribution in [0.5, 0.6) is 0 Å². The quantitative estimate of drug-likeness (QED) is 0.693. The van der Waals surface area contributed by atoms with Gasteiger partial charge < -0.3 is 10.2 Å². The maximum atomic E-state index is 5.40. The molecular weight excluding hydrogens is 184 g/mol. The van der Waals surface area contributed by atoms with E-state index in [9.17, 15) is 0 Å². The molecule has 1 aliphatic heterocycles. The van der Waals surface area contributed by atoms with Crippen molar-refractivity contribution in [2.24, 2.45) is 0 Å². The van der Waals surface area contributed by atoms with Crippen LogP contribution in [0, 0.1) is 12.3 Å². The van der Waals surface area contributed by atoms with Gasteiger partial charge in [-0.3, -0.25) is 0 Å². The molecule has 78 valence electrons.